The summed E-state index contributed by atoms with van der Waals surface area (Å²) in [5, 5.41) is 7.45. The van der Waals surface area contributed by atoms with Crippen LogP contribution in [-0.2, 0) is 4.79 Å². The van der Waals surface area contributed by atoms with Crippen molar-refractivity contribution in [1.82, 2.24) is 19.7 Å². The fraction of sp³-hybridized carbons (Fsp3) is 0.529. The van der Waals surface area contributed by atoms with Crippen molar-refractivity contribution in [3.63, 3.8) is 0 Å². The van der Waals surface area contributed by atoms with Gasteiger partial charge in [-0.05, 0) is 31.4 Å². The predicted molar refractivity (Wildman–Crippen MR) is 94.0 cm³/mol. The molecule has 0 aliphatic heterocycles. The van der Waals surface area contributed by atoms with Crippen molar-refractivity contribution in [2.75, 3.05) is 11.9 Å². The monoisotopic (exact) mass is 330 g/mol. The zero-order valence-electron chi connectivity index (χ0n) is 14.4. The highest BCUT2D eigenvalue weighted by Crippen LogP contribution is 2.20. The summed E-state index contributed by atoms with van der Waals surface area (Å²) in [6, 6.07) is 3.63. The summed E-state index contributed by atoms with van der Waals surface area (Å²) in [7, 11) is 0. The largest absolute Gasteiger partial charge is 0.330 e. The van der Waals surface area contributed by atoms with Gasteiger partial charge in [0.2, 0.25) is 5.91 Å². The predicted octanol–water partition coefficient (Wildman–Crippen LogP) is 2.63. The smallest absolute Gasteiger partial charge is 0.252 e. The average Bonchev–Trinajstić information content (AvgIpc) is 2.99. The molecule has 2 rings (SSSR count). The van der Waals surface area contributed by atoms with E-state index in [0.717, 1.165) is 31.4 Å². The SMILES string of the molecule is CC(C)c1cc(NC(=O)CCCCCCN)n(-c2ncccn2)n1. The van der Waals surface area contributed by atoms with Gasteiger partial charge in [-0.1, -0.05) is 26.7 Å². The Balaban J connectivity index is 2.04. The van der Waals surface area contributed by atoms with Gasteiger partial charge >= 0.3 is 0 Å². The molecule has 3 N–H and O–H groups in total. The Morgan fingerprint density at radius 2 is 1.92 bits per heavy atom. The number of nitrogens with zero attached hydrogens (tertiary/aromatic N) is 4. The van der Waals surface area contributed by atoms with Gasteiger partial charge in [0.25, 0.3) is 5.95 Å². The number of carbonyl (C=O) groups is 1. The van der Waals surface area contributed by atoms with E-state index < -0.39 is 0 Å². The molecule has 2 aromatic heterocycles. The maximum atomic E-state index is 12.2. The van der Waals surface area contributed by atoms with E-state index in [1.807, 2.05) is 6.07 Å². The summed E-state index contributed by atoms with van der Waals surface area (Å²) in [6.45, 7) is 4.82. The summed E-state index contributed by atoms with van der Waals surface area (Å²) in [6.07, 6.45) is 7.75. The molecule has 0 unspecified atom stereocenters. The van der Waals surface area contributed by atoms with Gasteiger partial charge in [-0.15, -0.1) is 0 Å². The van der Waals surface area contributed by atoms with Crippen molar-refractivity contribution in [3.8, 4) is 5.95 Å². The van der Waals surface area contributed by atoms with Gasteiger partial charge in [-0.25, -0.2) is 9.97 Å². The maximum Gasteiger partial charge on any atom is 0.252 e. The first-order valence-electron chi connectivity index (χ1n) is 8.49. The molecule has 130 valence electrons. The molecular weight excluding hydrogens is 304 g/mol. The molecular formula is C17H26N6O. The lowest BCUT2D eigenvalue weighted by Crippen LogP contribution is -2.15. The quantitative estimate of drug-likeness (QED) is 0.689. The molecule has 24 heavy (non-hydrogen) atoms. The highest BCUT2D eigenvalue weighted by Gasteiger charge is 2.15. The number of unbranched alkanes of at least 4 members (excludes halogenated alkanes) is 3. The third kappa shape index (κ3) is 5.13. The summed E-state index contributed by atoms with van der Waals surface area (Å²) >= 11 is 0. The Kier molecular flexibility index (Phi) is 6.87. The first-order chi connectivity index (χ1) is 11.6. The highest BCUT2D eigenvalue weighted by molar-refractivity contribution is 5.90. The minimum absolute atomic E-state index is 0.0184. The van der Waals surface area contributed by atoms with Gasteiger partial charge < -0.3 is 11.1 Å². The topological polar surface area (TPSA) is 98.7 Å². The van der Waals surface area contributed by atoms with Gasteiger partial charge in [0.15, 0.2) is 0 Å². The highest BCUT2D eigenvalue weighted by atomic mass is 16.1. The summed E-state index contributed by atoms with van der Waals surface area (Å²) in [4.78, 5) is 20.6. The standard InChI is InChI=1S/C17H26N6O/c1-13(2)14-12-15(21-16(24)8-5-3-4-6-9-18)23(22-14)17-19-10-7-11-20-17/h7,10-13H,3-6,8-9,18H2,1-2H3,(H,21,24). The number of hydrogen-bond acceptors (Lipinski definition) is 5. The molecule has 1 amide bonds. The normalized spacial score (nSPS) is 11.0. The number of hydrogen-bond donors (Lipinski definition) is 2. The van der Waals surface area contributed by atoms with Gasteiger partial charge in [0.05, 0.1) is 5.69 Å². The van der Waals surface area contributed by atoms with Crippen LogP contribution in [-0.4, -0.2) is 32.2 Å². The van der Waals surface area contributed by atoms with Gasteiger partial charge in [0, 0.05) is 24.9 Å². The molecule has 7 heteroatoms. The average molecular weight is 330 g/mol. The van der Waals surface area contributed by atoms with Crippen molar-refractivity contribution >= 4 is 11.7 Å². The first kappa shape index (κ1) is 18.1. The van der Waals surface area contributed by atoms with E-state index in [9.17, 15) is 4.79 Å². The maximum absolute atomic E-state index is 12.2. The molecule has 2 heterocycles. The lowest BCUT2D eigenvalue weighted by atomic mass is 10.1. The second kappa shape index (κ2) is 9.12. The Morgan fingerprint density at radius 3 is 2.58 bits per heavy atom. The Hall–Kier alpha value is -2.28. The Morgan fingerprint density at radius 1 is 1.21 bits per heavy atom. The van der Waals surface area contributed by atoms with E-state index in [-0.39, 0.29) is 11.8 Å². The van der Waals surface area contributed by atoms with Crippen molar-refractivity contribution in [1.29, 1.82) is 0 Å². The summed E-state index contributed by atoms with van der Waals surface area (Å²) in [5.41, 5.74) is 6.36. The van der Waals surface area contributed by atoms with Gasteiger partial charge in [-0.3, -0.25) is 4.79 Å². The van der Waals surface area contributed by atoms with Crippen LogP contribution in [0.2, 0.25) is 0 Å². The van der Waals surface area contributed by atoms with Crippen LogP contribution in [0.25, 0.3) is 5.95 Å². The van der Waals surface area contributed by atoms with Crippen LogP contribution >= 0.6 is 0 Å². The minimum atomic E-state index is -0.0184. The van der Waals surface area contributed by atoms with E-state index >= 15 is 0 Å². The Bertz CT molecular complexity index is 638. The number of amides is 1. The van der Waals surface area contributed by atoms with Crippen molar-refractivity contribution in [3.05, 3.63) is 30.2 Å². The van der Waals surface area contributed by atoms with Crippen LogP contribution < -0.4 is 11.1 Å². The molecule has 0 aliphatic rings. The van der Waals surface area contributed by atoms with Crippen molar-refractivity contribution in [2.24, 2.45) is 5.73 Å². The van der Waals surface area contributed by atoms with E-state index in [0.29, 0.717) is 24.7 Å². The molecule has 0 atom stereocenters. The molecule has 0 fully saturated rings. The number of anilines is 1. The van der Waals surface area contributed by atoms with Gasteiger partial charge in [-0.2, -0.15) is 9.78 Å². The molecule has 0 aromatic carbocycles. The molecule has 0 radical (unpaired) electrons. The molecule has 2 aromatic rings. The number of nitrogens with two attached hydrogens (primary N) is 1. The lowest BCUT2D eigenvalue weighted by Gasteiger charge is -2.07. The molecule has 0 aliphatic carbocycles. The van der Waals surface area contributed by atoms with Crippen molar-refractivity contribution in [2.45, 2.75) is 51.9 Å². The third-order valence-corrected chi connectivity index (χ3v) is 3.69. The van der Waals surface area contributed by atoms with Crippen LogP contribution in [0.15, 0.2) is 24.5 Å². The van der Waals surface area contributed by atoms with E-state index in [4.69, 9.17) is 5.73 Å². The van der Waals surface area contributed by atoms with Crippen LogP contribution in [0.3, 0.4) is 0 Å². The number of carbonyl (C=O) groups excluding carboxylic acids is 1. The number of nitrogens with one attached hydrogen (secondary N) is 1. The van der Waals surface area contributed by atoms with E-state index in [1.165, 1.54) is 0 Å². The fourth-order valence-electron chi connectivity index (χ4n) is 2.31. The molecule has 7 nitrogen and oxygen atoms in total. The number of rotatable bonds is 9. The molecule has 0 spiro atoms. The van der Waals surface area contributed by atoms with Gasteiger partial charge in [0.1, 0.15) is 5.82 Å². The second-order valence-corrected chi connectivity index (χ2v) is 6.07. The zero-order valence-corrected chi connectivity index (χ0v) is 14.4. The Labute approximate surface area is 142 Å². The minimum Gasteiger partial charge on any atom is -0.330 e. The summed E-state index contributed by atoms with van der Waals surface area (Å²) in [5.74, 6) is 1.29. The zero-order chi connectivity index (χ0) is 17.4. The number of aromatic nitrogens is 4. The first-order valence-corrected chi connectivity index (χ1v) is 8.49. The van der Waals surface area contributed by atoms with Crippen LogP contribution in [0, 0.1) is 0 Å². The van der Waals surface area contributed by atoms with E-state index in [2.05, 4.69) is 34.2 Å². The fourth-order valence-corrected chi connectivity index (χ4v) is 2.31. The van der Waals surface area contributed by atoms with Crippen LogP contribution in [0.1, 0.15) is 57.6 Å². The van der Waals surface area contributed by atoms with Crippen LogP contribution in [0.4, 0.5) is 5.82 Å². The van der Waals surface area contributed by atoms with Crippen LogP contribution in [0.5, 0.6) is 0 Å². The molecule has 0 saturated carbocycles. The second-order valence-electron chi connectivity index (χ2n) is 6.07. The molecule has 0 saturated heterocycles. The third-order valence-electron chi connectivity index (χ3n) is 3.69. The summed E-state index contributed by atoms with van der Waals surface area (Å²) < 4.78 is 1.58. The lowest BCUT2D eigenvalue weighted by molar-refractivity contribution is -0.116. The molecule has 0 bridgehead atoms. The van der Waals surface area contributed by atoms with Crippen molar-refractivity contribution < 1.29 is 4.79 Å². The van der Waals surface area contributed by atoms with E-state index in [1.54, 1.807) is 23.1 Å².